The van der Waals surface area contributed by atoms with Gasteiger partial charge in [0.1, 0.15) is 5.75 Å². The summed E-state index contributed by atoms with van der Waals surface area (Å²) in [5, 5.41) is 14.7. The summed E-state index contributed by atoms with van der Waals surface area (Å²) >= 11 is 0. The minimum absolute atomic E-state index is 0.0967. The first kappa shape index (κ1) is 17.2. The lowest BCUT2D eigenvalue weighted by atomic mass is 9.74. The third-order valence-corrected chi connectivity index (χ3v) is 4.80. The highest BCUT2D eigenvalue weighted by atomic mass is 16.5. The summed E-state index contributed by atoms with van der Waals surface area (Å²) in [5.41, 5.74) is 1.03. The highest BCUT2D eigenvalue weighted by Crippen LogP contribution is 2.35. The van der Waals surface area contributed by atoms with Crippen molar-refractivity contribution in [3.63, 3.8) is 0 Å². The van der Waals surface area contributed by atoms with E-state index in [0.29, 0.717) is 24.5 Å². The van der Waals surface area contributed by atoms with Crippen LogP contribution in [0.2, 0.25) is 0 Å². The first-order valence-electron chi connectivity index (χ1n) is 8.33. The lowest BCUT2D eigenvalue weighted by molar-refractivity contribution is -0.607. The van der Waals surface area contributed by atoms with Gasteiger partial charge in [0.2, 0.25) is 0 Å². The molecule has 3 rings (SSSR count). The van der Waals surface area contributed by atoms with Crippen LogP contribution in [0.15, 0.2) is 48.7 Å². The number of carbonyl (C=O) groups excluding carboxylic acids is 1. The fraction of sp³-hybridized carbons (Fsp3) is 0.368. The number of benzene rings is 1. The quantitative estimate of drug-likeness (QED) is 0.664. The van der Waals surface area contributed by atoms with E-state index in [2.05, 4.69) is 5.32 Å². The van der Waals surface area contributed by atoms with Gasteiger partial charge in [-0.15, -0.1) is 0 Å². The largest absolute Gasteiger partial charge is 0.618 e. The van der Waals surface area contributed by atoms with Gasteiger partial charge in [-0.3, -0.25) is 4.79 Å². The molecule has 1 aromatic heterocycles. The van der Waals surface area contributed by atoms with E-state index in [1.807, 2.05) is 24.3 Å². The summed E-state index contributed by atoms with van der Waals surface area (Å²) in [6.45, 7) is 1.75. The van der Waals surface area contributed by atoms with Crippen LogP contribution in [0.3, 0.4) is 0 Å². The molecule has 132 valence electrons. The number of nitrogens with one attached hydrogen (secondary N) is 1. The molecule has 0 aliphatic carbocycles. The van der Waals surface area contributed by atoms with Crippen LogP contribution in [0.5, 0.6) is 5.75 Å². The van der Waals surface area contributed by atoms with Crippen molar-refractivity contribution >= 4 is 5.91 Å². The van der Waals surface area contributed by atoms with Gasteiger partial charge in [0.25, 0.3) is 5.69 Å². The Hall–Kier alpha value is -2.60. The molecule has 1 fully saturated rings. The van der Waals surface area contributed by atoms with Gasteiger partial charge in [0.05, 0.1) is 7.11 Å². The van der Waals surface area contributed by atoms with Crippen molar-refractivity contribution in [3.8, 4) is 5.75 Å². The lowest BCUT2D eigenvalue weighted by Crippen LogP contribution is -2.47. The minimum atomic E-state index is -0.366. The lowest BCUT2D eigenvalue weighted by Gasteiger charge is -2.37. The molecule has 0 atom stereocenters. The van der Waals surface area contributed by atoms with E-state index in [9.17, 15) is 10.0 Å². The summed E-state index contributed by atoms with van der Waals surface area (Å²) in [6, 6.07) is 12.7. The van der Waals surface area contributed by atoms with Crippen LogP contribution in [0.4, 0.5) is 0 Å². The molecule has 2 aromatic rings. The van der Waals surface area contributed by atoms with Gasteiger partial charge in [-0.25, -0.2) is 0 Å². The SMILES string of the molecule is COc1ccc(C2(CNC(=O)c3cccc[n+]3[O-])CCOCC2)cc1. The monoisotopic (exact) mass is 342 g/mol. The van der Waals surface area contributed by atoms with Crippen molar-refractivity contribution in [2.75, 3.05) is 26.9 Å². The zero-order valence-electron chi connectivity index (χ0n) is 14.2. The van der Waals surface area contributed by atoms with Crippen LogP contribution >= 0.6 is 0 Å². The molecule has 1 aliphatic rings. The molecule has 0 radical (unpaired) electrons. The van der Waals surface area contributed by atoms with Gasteiger partial charge < -0.3 is 20.0 Å². The Kier molecular flexibility index (Phi) is 5.19. The maximum Gasteiger partial charge on any atom is 0.317 e. The molecule has 0 spiro atoms. The van der Waals surface area contributed by atoms with E-state index >= 15 is 0 Å². The maximum absolute atomic E-state index is 12.4. The van der Waals surface area contributed by atoms with Crippen LogP contribution in [0.25, 0.3) is 0 Å². The Labute approximate surface area is 147 Å². The average Bonchev–Trinajstić information content (AvgIpc) is 2.67. The third kappa shape index (κ3) is 3.74. The molecular formula is C19H22N2O4. The molecule has 0 unspecified atom stereocenters. The topological polar surface area (TPSA) is 74.5 Å². The molecule has 1 N–H and O–H groups in total. The predicted octanol–water partition coefficient (Wildman–Crippen LogP) is 1.81. The Balaban J connectivity index is 1.79. The molecule has 1 amide bonds. The Bertz CT molecular complexity index is 724. The zero-order chi connectivity index (χ0) is 17.7. The van der Waals surface area contributed by atoms with Gasteiger partial charge in [-0.05, 0) is 36.6 Å². The molecule has 1 aromatic carbocycles. The minimum Gasteiger partial charge on any atom is -0.618 e. The summed E-state index contributed by atoms with van der Waals surface area (Å²) in [5.74, 6) is 0.432. The van der Waals surface area contributed by atoms with Crippen LogP contribution in [0, 0.1) is 5.21 Å². The number of ether oxygens (including phenoxy) is 2. The van der Waals surface area contributed by atoms with Crippen molar-refractivity contribution in [3.05, 3.63) is 65.1 Å². The number of carbonyl (C=O) groups is 1. The Morgan fingerprint density at radius 1 is 1.24 bits per heavy atom. The maximum atomic E-state index is 12.4. The van der Waals surface area contributed by atoms with E-state index < -0.39 is 0 Å². The highest BCUT2D eigenvalue weighted by molar-refractivity contribution is 5.90. The fourth-order valence-electron chi connectivity index (χ4n) is 3.22. The van der Waals surface area contributed by atoms with Gasteiger partial charge >= 0.3 is 5.91 Å². The van der Waals surface area contributed by atoms with Crippen molar-refractivity contribution in [2.24, 2.45) is 0 Å². The number of pyridine rings is 1. The van der Waals surface area contributed by atoms with E-state index in [0.717, 1.165) is 24.2 Å². The van der Waals surface area contributed by atoms with Crippen molar-refractivity contribution in [2.45, 2.75) is 18.3 Å². The summed E-state index contributed by atoms with van der Waals surface area (Å²) in [6.07, 6.45) is 2.94. The number of aromatic nitrogens is 1. The molecular weight excluding hydrogens is 320 g/mol. The van der Waals surface area contributed by atoms with Crippen molar-refractivity contribution in [1.82, 2.24) is 5.32 Å². The Morgan fingerprint density at radius 2 is 1.96 bits per heavy atom. The van der Waals surface area contributed by atoms with Crippen molar-refractivity contribution in [1.29, 1.82) is 0 Å². The number of hydrogen-bond donors (Lipinski definition) is 1. The molecule has 0 bridgehead atoms. The van der Waals surface area contributed by atoms with E-state index in [-0.39, 0.29) is 17.0 Å². The van der Waals surface area contributed by atoms with Crippen LogP contribution in [-0.4, -0.2) is 32.8 Å². The van der Waals surface area contributed by atoms with Crippen LogP contribution in [0.1, 0.15) is 28.9 Å². The number of amides is 1. The van der Waals surface area contributed by atoms with Gasteiger partial charge in [-0.2, -0.15) is 4.73 Å². The second kappa shape index (κ2) is 7.53. The normalized spacial score (nSPS) is 16.2. The van der Waals surface area contributed by atoms with Crippen molar-refractivity contribution < 1.29 is 19.0 Å². The van der Waals surface area contributed by atoms with Crippen LogP contribution in [-0.2, 0) is 10.2 Å². The molecule has 0 saturated carbocycles. The summed E-state index contributed by atoms with van der Waals surface area (Å²) in [4.78, 5) is 12.4. The average molecular weight is 342 g/mol. The van der Waals surface area contributed by atoms with Gasteiger partial charge in [0.15, 0.2) is 6.20 Å². The van der Waals surface area contributed by atoms with E-state index in [1.165, 1.54) is 12.3 Å². The summed E-state index contributed by atoms with van der Waals surface area (Å²) in [7, 11) is 1.64. The van der Waals surface area contributed by atoms with Crippen LogP contribution < -0.4 is 14.8 Å². The molecule has 6 nitrogen and oxygen atoms in total. The fourth-order valence-corrected chi connectivity index (χ4v) is 3.22. The molecule has 1 saturated heterocycles. The van der Waals surface area contributed by atoms with Gasteiger partial charge in [0, 0.05) is 37.3 Å². The molecule has 1 aliphatic heterocycles. The second-order valence-corrected chi connectivity index (χ2v) is 6.22. The standard InChI is InChI=1S/C19H22N2O4/c1-24-16-7-5-15(6-8-16)19(9-12-25-13-10-19)14-20-18(22)17-4-2-3-11-21(17)23/h2-8,11H,9-10,12-14H2,1H3,(H,20,22). The first-order valence-corrected chi connectivity index (χ1v) is 8.33. The number of hydrogen-bond acceptors (Lipinski definition) is 4. The predicted molar refractivity (Wildman–Crippen MR) is 92.5 cm³/mol. The number of methoxy groups -OCH3 is 1. The van der Waals surface area contributed by atoms with Gasteiger partial charge in [-0.1, -0.05) is 12.1 Å². The number of rotatable bonds is 5. The molecule has 2 heterocycles. The first-order chi connectivity index (χ1) is 12.1. The van der Waals surface area contributed by atoms with E-state index in [1.54, 1.807) is 19.2 Å². The Morgan fingerprint density at radius 3 is 2.60 bits per heavy atom. The number of nitrogens with zero attached hydrogens (tertiary/aromatic N) is 1. The summed E-state index contributed by atoms with van der Waals surface area (Å²) < 4.78 is 11.3. The zero-order valence-corrected chi connectivity index (χ0v) is 14.2. The highest BCUT2D eigenvalue weighted by Gasteiger charge is 2.35. The second-order valence-electron chi connectivity index (χ2n) is 6.22. The third-order valence-electron chi connectivity index (χ3n) is 4.80. The van der Waals surface area contributed by atoms with E-state index in [4.69, 9.17) is 9.47 Å². The smallest absolute Gasteiger partial charge is 0.317 e. The molecule has 25 heavy (non-hydrogen) atoms. The molecule has 6 heteroatoms.